The van der Waals surface area contributed by atoms with E-state index < -0.39 is 0 Å². The maximum atomic E-state index is 13.1. The van der Waals surface area contributed by atoms with E-state index in [1.807, 2.05) is 19.2 Å². The van der Waals surface area contributed by atoms with Crippen LogP contribution in [0, 0.1) is 5.82 Å². The van der Waals surface area contributed by atoms with Crippen LogP contribution in [0.5, 0.6) is 0 Å². The molecule has 2 aromatic carbocycles. The third-order valence-corrected chi connectivity index (χ3v) is 6.03. The summed E-state index contributed by atoms with van der Waals surface area (Å²) >= 11 is 0. The summed E-state index contributed by atoms with van der Waals surface area (Å²) in [6, 6.07) is 15.9. The molecule has 1 fully saturated rings. The first-order valence-electron chi connectivity index (χ1n) is 11.1. The summed E-state index contributed by atoms with van der Waals surface area (Å²) in [5.74, 6) is 0.676. The summed E-state index contributed by atoms with van der Waals surface area (Å²) in [5, 5.41) is 7.04. The highest BCUT2D eigenvalue weighted by molar-refractivity contribution is 5.80. The van der Waals surface area contributed by atoms with Crippen molar-refractivity contribution in [3.8, 4) is 0 Å². The van der Waals surface area contributed by atoms with Crippen LogP contribution in [0.4, 0.5) is 10.1 Å². The van der Waals surface area contributed by atoms with Gasteiger partial charge in [0, 0.05) is 58.0 Å². The molecule has 0 spiro atoms. The van der Waals surface area contributed by atoms with Crippen LogP contribution >= 0.6 is 0 Å². The monoisotopic (exact) mass is 421 g/mol. The number of piperidine rings is 1. The van der Waals surface area contributed by atoms with Crippen LogP contribution in [-0.2, 0) is 13.1 Å². The van der Waals surface area contributed by atoms with Crippen molar-refractivity contribution in [3.05, 3.63) is 77.6 Å². The van der Waals surface area contributed by atoms with E-state index in [2.05, 4.69) is 61.8 Å². The Hall–Kier alpha value is -2.86. The number of aliphatic imine (C=N–C) groups is 1. The van der Waals surface area contributed by atoms with Gasteiger partial charge in [0.25, 0.3) is 0 Å². The number of rotatable bonds is 6. The number of halogens is 1. The Morgan fingerprint density at radius 1 is 1.03 bits per heavy atom. The Kier molecular flexibility index (Phi) is 7.20. The first kappa shape index (κ1) is 21.4. The molecule has 0 amide bonds. The quantitative estimate of drug-likeness (QED) is 0.425. The Balaban J connectivity index is 1.22. The fraction of sp³-hybridized carbons (Fsp3) is 0.400. The minimum Gasteiger partial charge on any atom is -0.364 e. The number of benzene rings is 2. The third-order valence-electron chi connectivity index (χ3n) is 6.03. The molecule has 0 radical (unpaired) electrons. The van der Waals surface area contributed by atoms with Gasteiger partial charge in [0.1, 0.15) is 5.82 Å². The average Bonchev–Trinajstić information content (AvgIpc) is 3.35. The van der Waals surface area contributed by atoms with E-state index in [1.165, 1.54) is 23.4 Å². The van der Waals surface area contributed by atoms with E-state index in [0.29, 0.717) is 6.04 Å². The maximum absolute atomic E-state index is 13.1. The highest BCUT2D eigenvalue weighted by Gasteiger charge is 2.20. The van der Waals surface area contributed by atoms with Crippen molar-refractivity contribution in [1.82, 2.24) is 15.5 Å². The van der Waals surface area contributed by atoms with Gasteiger partial charge in [-0.05, 0) is 48.2 Å². The fourth-order valence-corrected chi connectivity index (χ4v) is 4.21. The molecule has 31 heavy (non-hydrogen) atoms. The molecule has 0 saturated carbocycles. The maximum Gasteiger partial charge on any atom is 0.191 e. The molecule has 164 valence electrons. The number of likely N-dealkylation sites (tertiary alicyclic amines) is 1. The van der Waals surface area contributed by atoms with Gasteiger partial charge in [0.05, 0.1) is 0 Å². The molecular weight excluding hydrogens is 389 g/mol. The fourth-order valence-electron chi connectivity index (χ4n) is 4.21. The first-order chi connectivity index (χ1) is 15.2. The van der Waals surface area contributed by atoms with Gasteiger partial charge < -0.3 is 15.5 Å². The zero-order valence-electron chi connectivity index (χ0n) is 18.2. The molecule has 5 nitrogen and oxygen atoms in total. The molecule has 2 heterocycles. The van der Waals surface area contributed by atoms with Crippen LogP contribution in [0.25, 0.3) is 0 Å². The lowest BCUT2D eigenvalue weighted by molar-refractivity contribution is 0.198. The van der Waals surface area contributed by atoms with Crippen LogP contribution in [0.3, 0.4) is 0 Å². The van der Waals surface area contributed by atoms with Gasteiger partial charge in [-0.1, -0.05) is 36.4 Å². The molecular formula is C25H32FN5. The van der Waals surface area contributed by atoms with E-state index in [1.54, 1.807) is 0 Å². The minimum absolute atomic E-state index is 0.176. The zero-order valence-corrected chi connectivity index (χ0v) is 18.2. The number of hydrogen-bond acceptors (Lipinski definition) is 3. The van der Waals surface area contributed by atoms with Gasteiger partial charge >= 0.3 is 0 Å². The van der Waals surface area contributed by atoms with Crippen molar-refractivity contribution in [2.45, 2.75) is 32.0 Å². The number of hydrogen-bond donors (Lipinski definition) is 2. The molecule has 2 aliphatic rings. The SMILES string of the molecule is CN=C(NCc1cccc(N2CC=CC2)c1)NC1CCN(Cc2ccc(F)cc2)CC1. The molecule has 6 heteroatoms. The Morgan fingerprint density at radius 2 is 1.77 bits per heavy atom. The lowest BCUT2D eigenvalue weighted by atomic mass is 10.0. The van der Waals surface area contributed by atoms with Crippen LogP contribution in [0.15, 0.2) is 65.7 Å². The van der Waals surface area contributed by atoms with Gasteiger partial charge in [-0.2, -0.15) is 0 Å². The van der Waals surface area contributed by atoms with E-state index in [-0.39, 0.29) is 5.82 Å². The van der Waals surface area contributed by atoms with E-state index in [9.17, 15) is 4.39 Å². The van der Waals surface area contributed by atoms with Gasteiger partial charge in [-0.25, -0.2) is 4.39 Å². The minimum atomic E-state index is -0.176. The van der Waals surface area contributed by atoms with Gasteiger partial charge in [0.15, 0.2) is 5.96 Å². The van der Waals surface area contributed by atoms with Crippen molar-refractivity contribution in [3.63, 3.8) is 0 Å². The van der Waals surface area contributed by atoms with Crippen LogP contribution in [-0.4, -0.2) is 50.1 Å². The molecule has 0 unspecified atom stereocenters. The van der Waals surface area contributed by atoms with Crippen molar-refractivity contribution in [2.75, 3.05) is 38.1 Å². The Labute approximate surface area is 184 Å². The highest BCUT2D eigenvalue weighted by atomic mass is 19.1. The molecule has 4 rings (SSSR count). The summed E-state index contributed by atoms with van der Waals surface area (Å²) < 4.78 is 13.1. The van der Waals surface area contributed by atoms with Crippen molar-refractivity contribution in [1.29, 1.82) is 0 Å². The molecule has 2 aliphatic heterocycles. The van der Waals surface area contributed by atoms with E-state index >= 15 is 0 Å². The summed E-state index contributed by atoms with van der Waals surface area (Å²) in [6.07, 6.45) is 6.56. The van der Waals surface area contributed by atoms with E-state index in [0.717, 1.165) is 63.6 Å². The molecule has 2 N–H and O–H groups in total. The molecule has 0 aliphatic carbocycles. The van der Waals surface area contributed by atoms with Crippen molar-refractivity contribution < 1.29 is 4.39 Å². The van der Waals surface area contributed by atoms with Gasteiger partial charge in [-0.3, -0.25) is 9.89 Å². The summed E-state index contributed by atoms with van der Waals surface area (Å²) in [4.78, 5) is 9.21. The average molecular weight is 422 g/mol. The van der Waals surface area contributed by atoms with Gasteiger partial charge in [0.2, 0.25) is 0 Å². The topological polar surface area (TPSA) is 42.9 Å². The first-order valence-corrected chi connectivity index (χ1v) is 11.1. The van der Waals surface area contributed by atoms with E-state index in [4.69, 9.17) is 0 Å². The number of anilines is 1. The zero-order chi connectivity index (χ0) is 21.5. The summed E-state index contributed by atoms with van der Waals surface area (Å²) in [5.41, 5.74) is 3.68. The summed E-state index contributed by atoms with van der Waals surface area (Å²) in [6.45, 7) is 5.65. The smallest absolute Gasteiger partial charge is 0.191 e. The molecule has 0 aromatic heterocycles. The molecule has 1 saturated heterocycles. The number of guanidine groups is 1. The molecule has 0 bridgehead atoms. The van der Waals surface area contributed by atoms with Crippen molar-refractivity contribution >= 4 is 11.6 Å². The van der Waals surface area contributed by atoms with Crippen LogP contribution in [0.1, 0.15) is 24.0 Å². The third kappa shape index (κ3) is 6.07. The largest absolute Gasteiger partial charge is 0.364 e. The lowest BCUT2D eigenvalue weighted by Crippen LogP contribution is -2.48. The number of nitrogens with zero attached hydrogens (tertiary/aromatic N) is 3. The second kappa shape index (κ2) is 10.4. The highest BCUT2D eigenvalue weighted by Crippen LogP contribution is 2.18. The Morgan fingerprint density at radius 3 is 2.48 bits per heavy atom. The summed E-state index contributed by atoms with van der Waals surface area (Å²) in [7, 11) is 1.82. The van der Waals surface area contributed by atoms with Crippen LogP contribution in [0.2, 0.25) is 0 Å². The predicted octanol–water partition coefficient (Wildman–Crippen LogP) is 3.53. The second-order valence-corrected chi connectivity index (χ2v) is 8.29. The lowest BCUT2D eigenvalue weighted by Gasteiger charge is -2.33. The van der Waals surface area contributed by atoms with Crippen LogP contribution < -0.4 is 15.5 Å². The number of nitrogens with one attached hydrogen (secondary N) is 2. The molecule has 2 aromatic rings. The normalized spacial score (nSPS) is 17.9. The Bertz CT molecular complexity index is 892. The molecule has 0 atom stereocenters. The predicted molar refractivity (Wildman–Crippen MR) is 126 cm³/mol. The van der Waals surface area contributed by atoms with Crippen molar-refractivity contribution in [2.24, 2.45) is 4.99 Å². The standard InChI is InChI=1S/C25H32FN5/c1-27-25(28-18-21-5-4-6-24(17-21)31-13-2-3-14-31)29-23-11-15-30(16-12-23)19-20-7-9-22(26)10-8-20/h2-10,17,23H,11-16,18-19H2,1H3,(H2,27,28,29). The second-order valence-electron chi connectivity index (χ2n) is 8.29. The van der Waals surface area contributed by atoms with Gasteiger partial charge in [-0.15, -0.1) is 0 Å².